The maximum absolute atomic E-state index is 13.2. The van der Waals surface area contributed by atoms with Crippen LogP contribution in [0.3, 0.4) is 0 Å². The van der Waals surface area contributed by atoms with Gasteiger partial charge in [0.15, 0.2) is 17.6 Å². The van der Waals surface area contributed by atoms with Crippen molar-refractivity contribution in [2.24, 2.45) is 0 Å². The summed E-state index contributed by atoms with van der Waals surface area (Å²) in [7, 11) is 4.81. The number of likely N-dealkylation sites (N-methyl/N-ethyl adjacent to an activating group) is 1. The van der Waals surface area contributed by atoms with E-state index in [1.165, 1.54) is 0 Å². The highest BCUT2D eigenvalue weighted by Gasteiger charge is 2.32. The van der Waals surface area contributed by atoms with Gasteiger partial charge in [0, 0.05) is 20.1 Å². The van der Waals surface area contributed by atoms with Crippen LogP contribution in [0.15, 0.2) is 36.4 Å². The number of rotatable bonds is 5. The van der Waals surface area contributed by atoms with Crippen molar-refractivity contribution in [1.29, 1.82) is 0 Å². The van der Waals surface area contributed by atoms with E-state index in [9.17, 15) is 9.59 Å². The second-order valence-electron chi connectivity index (χ2n) is 7.61. The zero-order chi connectivity index (χ0) is 22.0. The fraction of sp³-hybridized carbons (Fsp3) is 0.391. The second-order valence-corrected chi connectivity index (χ2v) is 7.61. The zero-order valence-electron chi connectivity index (χ0n) is 18.0. The van der Waals surface area contributed by atoms with Gasteiger partial charge in [0.1, 0.15) is 5.75 Å². The number of methoxy groups -OCH3 is 2. The average molecular weight is 425 g/mol. The first-order chi connectivity index (χ1) is 15.0. The number of fused-ring (bicyclic) bond motifs is 2. The Hall–Kier alpha value is -3.42. The van der Waals surface area contributed by atoms with Crippen molar-refractivity contribution < 1.29 is 23.8 Å². The molecule has 2 aromatic rings. The van der Waals surface area contributed by atoms with E-state index in [4.69, 9.17) is 14.2 Å². The van der Waals surface area contributed by atoms with Crippen molar-refractivity contribution in [3.05, 3.63) is 47.5 Å². The van der Waals surface area contributed by atoms with Crippen LogP contribution in [0, 0.1) is 0 Å². The highest BCUT2D eigenvalue weighted by atomic mass is 16.5. The first-order valence-electron chi connectivity index (χ1n) is 10.3. The van der Waals surface area contributed by atoms with Crippen molar-refractivity contribution >= 4 is 17.5 Å². The normalized spacial score (nSPS) is 17.2. The van der Waals surface area contributed by atoms with Gasteiger partial charge in [0.05, 0.1) is 33.0 Å². The number of carbonyl (C=O) groups is 2. The summed E-state index contributed by atoms with van der Waals surface area (Å²) in [5, 5.41) is 2.63. The number of hydrogen-bond donors (Lipinski definition) is 1. The Balaban J connectivity index is 1.51. The number of para-hydroxylation sites is 2. The Morgan fingerprint density at radius 1 is 1.13 bits per heavy atom. The Bertz CT molecular complexity index is 993. The Kier molecular flexibility index (Phi) is 5.88. The Morgan fingerprint density at radius 3 is 2.55 bits per heavy atom. The summed E-state index contributed by atoms with van der Waals surface area (Å²) in [6.07, 6.45) is 0.0913. The van der Waals surface area contributed by atoms with Crippen LogP contribution in [0.2, 0.25) is 0 Å². The van der Waals surface area contributed by atoms with E-state index in [1.807, 2.05) is 46.2 Å². The quantitative estimate of drug-likeness (QED) is 0.784. The van der Waals surface area contributed by atoms with E-state index in [1.54, 1.807) is 21.3 Å². The molecule has 1 atom stereocenters. The molecular formula is C23H27N3O5. The molecule has 0 saturated heterocycles. The SMILES string of the molecule is CNC(=O)[C@H]1CN(CC(=O)N2CCc3cc(OC)c(OC)cc3C2)c2ccccc2O1. The largest absolute Gasteiger partial charge is 0.493 e. The van der Waals surface area contributed by atoms with Crippen molar-refractivity contribution in [2.75, 3.05) is 45.8 Å². The summed E-state index contributed by atoms with van der Waals surface area (Å²) in [5.41, 5.74) is 3.04. The van der Waals surface area contributed by atoms with Gasteiger partial charge in [0.25, 0.3) is 5.91 Å². The Labute approximate surface area is 181 Å². The topological polar surface area (TPSA) is 80.3 Å². The lowest BCUT2D eigenvalue weighted by atomic mass is 9.98. The molecule has 0 radical (unpaired) electrons. The lowest BCUT2D eigenvalue weighted by Crippen LogP contribution is -2.51. The van der Waals surface area contributed by atoms with Crippen LogP contribution < -0.4 is 24.4 Å². The molecule has 164 valence electrons. The fourth-order valence-corrected chi connectivity index (χ4v) is 4.11. The van der Waals surface area contributed by atoms with Crippen molar-refractivity contribution in [2.45, 2.75) is 19.1 Å². The maximum Gasteiger partial charge on any atom is 0.262 e. The lowest BCUT2D eigenvalue weighted by Gasteiger charge is -2.37. The van der Waals surface area contributed by atoms with E-state index in [0.29, 0.717) is 36.9 Å². The molecule has 2 aliphatic heterocycles. The Morgan fingerprint density at radius 2 is 1.84 bits per heavy atom. The zero-order valence-corrected chi connectivity index (χ0v) is 18.0. The van der Waals surface area contributed by atoms with E-state index < -0.39 is 6.10 Å². The van der Waals surface area contributed by atoms with E-state index >= 15 is 0 Å². The summed E-state index contributed by atoms with van der Waals surface area (Å²) in [4.78, 5) is 29.1. The summed E-state index contributed by atoms with van der Waals surface area (Å²) < 4.78 is 16.6. The third-order valence-electron chi connectivity index (χ3n) is 5.80. The number of nitrogens with one attached hydrogen (secondary N) is 1. The lowest BCUT2D eigenvalue weighted by molar-refractivity contribution is -0.131. The molecule has 0 spiro atoms. The van der Waals surface area contributed by atoms with Crippen molar-refractivity contribution in [3.8, 4) is 17.2 Å². The molecule has 0 aliphatic carbocycles. The third-order valence-corrected chi connectivity index (χ3v) is 5.80. The molecule has 2 aromatic carbocycles. The molecule has 2 amide bonds. The molecule has 2 aliphatic rings. The predicted molar refractivity (Wildman–Crippen MR) is 116 cm³/mol. The highest BCUT2D eigenvalue weighted by Crippen LogP contribution is 2.35. The maximum atomic E-state index is 13.2. The molecular weight excluding hydrogens is 398 g/mol. The van der Waals surface area contributed by atoms with Crippen LogP contribution in [0.4, 0.5) is 5.69 Å². The molecule has 8 nitrogen and oxygen atoms in total. The van der Waals surface area contributed by atoms with Gasteiger partial charge in [-0.3, -0.25) is 9.59 Å². The van der Waals surface area contributed by atoms with Gasteiger partial charge in [-0.15, -0.1) is 0 Å². The predicted octanol–water partition coefficient (Wildman–Crippen LogP) is 1.60. The first kappa shape index (κ1) is 20.8. The second kappa shape index (κ2) is 8.75. The van der Waals surface area contributed by atoms with Gasteiger partial charge in [-0.25, -0.2) is 0 Å². The van der Waals surface area contributed by atoms with Crippen LogP contribution in [-0.4, -0.2) is 63.7 Å². The van der Waals surface area contributed by atoms with Gasteiger partial charge < -0.3 is 29.3 Å². The smallest absolute Gasteiger partial charge is 0.262 e. The monoisotopic (exact) mass is 425 g/mol. The fourth-order valence-electron chi connectivity index (χ4n) is 4.11. The van der Waals surface area contributed by atoms with Gasteiger partial charge in [-0.1, -0.05) is 12.1 Å². The summed E-state index contributed by atoms with van der Waals surface area (Å²) in [5.74, 6) is 1.76. The van der Waals surface area contributed by atoms with E-state index in [-0.39, 0.29) is 18.4 Å². The van der Waals surface area contributed by atoms with Crippen LogP contribution in [-0.2, 0) is 22.6 Å². The number of benzene rings is 2. The minimum absolute atomic E-state index is 0.00722. The molecule has 0 saturated carbocycles. The molecule has 2 heterocycles. The van der Waals surface area contributed by atoms with Gasteiger partial charge in [-0.2, -0.15) is 0 Å². The number of carbonyl (C=O) groups excluding carboxylic acids is 2. The van der Waals surface area contributed by atoms with E-state index in [0.717, 1.165) is 23.2 Å². The summed E-state index contributed by atoms with van der Waals surface area (Å²) in [6, 6.07) is 11.4. The molecule has 31 heavy (non-hydrogen) atoms. The number of amides is 2. The van der Waals surface area contributed by atoms with Crippen LogP contribution >= 0.6 is 0 Å². The third kappa shape index (κ3) is 4.10. The molecule has 0 fully saturated rings. The van der Waals surface area contributed by atoms with Gasteiger partial charge >= 0.3 is 0 Å². The molecule has 0 unspecified atom stereocenters. The first-order valence-corrected chi connectivity index (χ1v) is 10.3. The number of nitrogens with zero attached hydrogens (tertiary/aromatic N) is 2. The molecule has 4 rings (SSSR count). The summed E-state index contributed by atoms with van der Waals surface area (Å²) >= 11 is 0. The molecule has 1 N–H and O–H groups in total. The van der Waals surface area contributed by atoms with Gasteiger partial charge in [-0.05, 0) is 41.8 Å². The number of anilines is 1. The van der Waals surface area contributed by atoms with Crippen LogP contribution in [0.1, 0.15) is 11.1 Å². The summed E-state index contributed by atoms with van der Waals surface area (Å²) in [6.45, 7) is 1.64. The van der Waals surface area contributed by atoms with Crippen molar-refractivity contribution in [1.82, 2.24) is 10.2 Å². The minimum Gasteiger partial charge on any atom is -0.493 e. The number of hydrogen-bond acceptors (Lipinski definition) is 6. The standard InChI is InChI=1S/C23H27N3O5/c1-24-23(28)21-13-26(17-6-4-5-7-18(17)31-21)14-22(27)25-9-8-15-10-19(29-2)20(30-3)11-16(15)12-25/h4-7,10-11,21H,8-9,12-14H2,1-3H3,(H,24,28)/t21-/m1/s1. The minimum atomic E-state index is -0.661. The van der Waals surface area contributed by atoms with Gasteiger partial charge in [0.2, 0.25) is 5.91 Å². The van der Waals surface area contributed by atoms with Crippen molar-refractivity contribution in [3.63, 3.8) is 0 Å². The number of ether oxygens (including phenoxy) is 3. The molecule has 0 aromatic heterocycles. The van der Waals surface area contributed by atoms with Crippen LogP contribution in [0.5, 0.6) is 17.2 Å². The molecule has 0 bridgehead atoms. The average Bonchev–Trinajstić information content (AvgIpc) is 2.81. The van der Waals surface area contributed by atoms with E-state index in [2.05, 4.69) is 5.32 Å². The highest BCUT2D eigenvalue weighted by molar-refractivity contribution is 5.86. The molecule has 8 heteroatoms. The van der Waals surface area contributed by atoms with Crippen LogP contribution in [0.25, 0.3) is 0 Å².